The Labute approximate surface area is 105 Å². The third-order valence-electron chi connectivity index (χ3n) is 3.11. The maximum atomic E-state index is 14.0. The topological polar surface area (TPSA) is 52.6 Å². The van der Waals surface area contributed by atoms with E-state index in [1.807, 2.05) is 4.90 Å². The number of aliphatic hydroxyl groups is 1. The summed E-state index contributed by atoms with van der Waals surface area (Å²) in [5.41, 5.74) is 1.04. The van der Waals surface area contributed by atoms with Crippen LogP contribution in [0.15, 0.2) is 18.2 Å². The Hall–Kier alpha value is -1.62. The van der Waals surface area contributed by atoms with E-state index in [-0.39, 0.29) is 11.7 Å². The Morgan fingerprint density at radius 1 is 1.44 bits per heavy atom. The molecule has 1 aromatic carbocycles. The Kier molecular flexibility index (Phi) is 3.81. The van der Waals surface area contributed by atoms with Gasteiger partial charge in [0.05, 0.1) is 11.8 Å². The van der Waals surface area contributed by atoms with E-state index in [1.165, 1.54) is 6.07 Å². The molecule has 1 atom stereocenters. The predicted octanol–water partition coefficient (Wildman–Crippen LogP) is 1.21. The van der Waals surface area contributed by atoms with E-state index in [0.717, 1.165) is 0 Å². The van der Waals surface area contributed by atoms with Crippen molar-refractivity contribution in [1.29, 1.82) is 0 Å². The fraction of sp³-hybridized carbons (Fsp3) is 0.462. The van der Waals surface area contributed by atoms with Crippen LogP contribution in [-0.4, -0.2) is 30.6 Å². The highest BCUT2D eigenvalue weighted by molar-refractivity contribution is 5.77. The van der Waals surface area contributed by atoms with Gasteiger partial charge in [-0.1, -0.05) is 6.07 Å². The van der Waals surface area contributed by atoms with Gasteiger partial charge >= 0.3 is 0 Å². The average Bonchev–Trinajstić information content (AvgIpc) is 2.54. The summed E-state index contributed by atoms with van der Waals surface area (Å²) in [6.07, 6.45) is -0.307. The van der Waals surface area contributed by atoms with Gasteiger partial charge < -0.3 is 15.3 Å². The lowest BCUT2D eigenvalue weighted by Crippen LogP contribution is -2.29. The highest BCUT2D eigenvalue weighted by atomic mass is 19.1. The van der Waals surface area contributed by atoms with Crippen LogP contribution in [0.4, 0.5) is 10.1 Å². The van der Waals surface area contributed by atoms with Crippen molar-refractivity contribution in [2.24, 2.45) is 0 Å². The number of anilines is 1. The van der Waals surface area contributed by atoms with E-state index in [1.54, 1.807) is 19.1 Å². The van der Waals surface area contributed by atoms with Crippen LogP contribution in [0.5, 0.6) is 0 Å². The lowest BCUT2D eigenvalue weighted by molar-refractivity contribution is -0.120. The largest absolute Gasteiger partial charge is 0.389 e. The summed E-state index contributed by atoms with van der Waals surface area (Å²) >= 11 is 0. The number of halogens is 1. The summed E-state index contributed by atoms with van der Waals surface area (Å²) in [5, 5.41) is 12.1. The number of nitrogens with one attached hydrogen (secondary N) is 1. The number of amides is 1. The molecule has 0 unspecified atom stereocenters. The Balaban J connectivity index is 2.20. The lowest BCUT2D eigenvalue weighted by atomic mass is 10.1. The van der Waals surface area contributed by atoms with E-state index >= 15 is 0 Å². The molecule has 18 heavy (non-hydrogen) atoms. The van der Waals surface area contributed by atoms with Gasteiger partial charge in [-0.2, -0.15) is 0 Å². The second-order valence-electron chi connectivity index (χ2n) is 4.47. The SMILES string of the molecule is C[C@@H](O)c1ccc(N2CCNC(=O)CC2)c(F)c1. The molecule has 0 bridgehead atoms. The van der Waals surface area contributed by atoms with Crippen LogP contribution in [0.25, 0.3) is 0 Å². The van der Waals surface area contributed by atoms with Gasteiger partial charge in [0.1, 0.15) is 5.82 Å². The van der Waals surface area contributed by atoms with Crippen LogP contribution in [0.3, 0.4) is 0 Å². The van der Waals surface area contributed by atoms with E-state index in [0.29, 0.717) is 37.3 Å². The normalized spacial score (nSPS) is 18.2. The van der Waals surface area contributed by atoms with Crippen molar-refractivity contribution in [3.63, 3.8) is 0 Å². The number of aliphatic hydroxyl groups excluding tert-OH is 1. The van der Waals surface area contributed by atoms with Gasteiger partial charge in [0.25, 0.3) is 0 Å². The standard InChI is InChI=1S/C13H17FN2O2/c1-9(17)10-2-3-12(11(14)8-10)16-6-4-13(18)15-5-7-16/h2-3,8-9,17H,4-7H2,1H3,(H,15,18)/t9-/m1/s1. The van der Waals surface area contributed by atoms with Crippen molar-refractivity contribution in [2.45, 2.75) is 19.4 Å². The van der Waals surface area contributed by atoms with Crippen molar-refractivity contribution in [3.8, 4) is 0 Å². The highest BCUT2D eigenvalue weighted by Crippen LogP contribution is 2.23. The first-order valence-electron chi connectivity index (χ1n) is 6.07. The molecular weight excluding hydrogens is 235 g/mol. The molecule has 2 N–H and O–H groups in total. The maximum absolute atomic E-state index is 14.0. The summed E-state index contributed by atoms with van der Waals surface area (Å²) in [6, 6.07) is 4.72. The molecule has 1 aliphatic heterocycles. The number of carbonyl (C=O) groups excluding carboxylic acids is 1. The number of carbonyl (C=O) groups is 1. The van der Waals surface area contributed by atoms with Crippen LogP contribution in [0.1, 0.15) is 25.0 Å². The van der Waals surface area contributed by atoms with Crippen LogP contribution in [-0.2, 0) is 4.79 Å². The van der Waals surface area contributed by atoms with Crippen LogP contribution in [0, 0.1) is 5.82 Å². The number of rotatable bonds is 2. The van der Waals surface area contributed by atoms with Gasteiger partial charge in [0.15, 0.2) is 0 Å². The van der Waals surface area contributed by atoms with Crippen LogP contribution < -0.4 is 10.2 Å². The molecule has 1 aliphatic rings. The molecule has 5 heteroatoms. The highest BCUT2D eigenvalue weighted by Gasteiger charge is 2.17. The van der Waals surface area contributed by atoms with E-state index in [9.17, 15) is 14.3 Å². The summed E-state index contributed by atoms with van der Waals surface area (Å²) in [7, 11) is 0. The van der Waals surface area contributed by atoms with E-state index < -0.39 is 6.10 Å². The predicted molar refractivity (Wildman–Crippen MR) is 66.9 cm³/mol. The average molecular weight is 252 g/mol. The number of hydrogen-bond donors (Lipinski definition) is 2. The zero-order chi connectivity index (χ0) is 13.1. The number of benzene rings is 1. The Bertz CT molecular complexity index is 449. The number of hydrogen-bond acceptors (Lipinski definition) is 3. The minimum absolute atomic E-state index is 0.00138. The zero-order valence-electron chi connectivity index (χ0n) is 10.3. The van der Waals surface area contributed by atoms with E-state index in [2.05, 4.69) is 5.32 Å². The second kappa shape index (κ2) is 5.35. The minimum Gasteiger partial charge on any atom is -0.389 e. The molecule has 2 rings (SSSR count). The summed E-state index contributed by atoms with van der Waals surface area (Å²) < 4.78 is 14.0. The number of nitrogens with zero attached hydrogens (tertiary/aromatic N) is 1. The molecule has 98 valence electrons. The Morgan fingerprint density at radius 2 is 2.22 bits per heavy atom. The minimum atomic E-state index is -0.680. The van der Waals surface area contributed by atoms with Gasteiger partial charge in [-0.3, -0.25) is 4.79 Å². The molecule has 0 spiro atoms. The van der Waals surface area contributed by atoms with Gasteiger partial charge in [-0.15, -0.1) is 0 Å². The lowest BCUT2D eigenvalue weighted by Gasteiger charge is -2.23. The fourth-order valence-corrected chi connectivity index (χ4v) is 2.05. The van der Waals surface area contributed by atoms with Crippen molar-refractivity contribution in [3.05, 3.63) is 29.6 Å². The molecule has 1 aromatic rings. The molecule has 0 aliphatic carbocycles. The smallest absolute Gasteiger partial charge is 0.221 e. The van der Waals surface area contributed by atoms with E-state index in [4.69, 9.17) is 0 Å². The fourth-order valence-electron chi connectivity index (χ4n) is 2.05. The molecule has 0 aromatic heterocycles. The molecule has 0 saturated carbocycles. The van der Waals surface area contributed by atoms with Crippen molar-refractivity contribution < 1.29 is 14.3 Å². The second-order valence-corrected chi connectivity index (χ2v) is 4.47. The quantitative estimate of drug-likeness (QED) is 0.831. The van der Waals surface area contributed by atoms with Gasteiger partial charge in [0, 0.05) is 26.1 Å². The first-order chi connectivity index (χ1) is 8.58. The molecule has 1 saturated heterocycles. The monoisotopic (exact) mass is 252 g/mol. The van der Waals surface area contributed by atoms with Crippen LogP contribution in [0.2, 0.25) is 0 Å². The van der Waals surface area contributed by atoms with Crippen molar-refractivity contribution in [1.82, 2.24) is 5.32 Å². The maximum Gasteiger partial charge on any atom is 0.221 e. The molecule has 1 heterocycles. The first kappa shape index (κ1) is 12.8. The molecule has 0 radical (unpaired) electrons. The first-order valence-corrected chi connectivity index (χ1v) is 6.07. The Morgan fingerprint density at radius 3 is 2.89 bits per heavy atom. The van der Waals surface area contributed by atoms with Gasteiger partial charge in [-0.05, 0) is 24.6 Å². The molecule has 4 nitrogen and oxygen atoms in total. The van der Waals surface area contributed by atoms with Crippen molar-refractivity contribution in [2.75, 3.05) is 24.5 Å². The molecule has 1 fully saturated rings. The van der Waals surface area contributed by atoms with Gasteiger partial charge in [-0.25, -0.2) is 4.39 Å². The third kappa shape index (κ3) is 2.79. The molecular formula is C13H17FN2O2. The third-order valence-corrected chi connectivity index (χ3v) is 3.11. The summed E-state index contributed by atoms with van der Waals surface area (Å²) in [4.78, 5) is 13.1. The summed E-state index contributed by atoms with van der Waals surface area (Å²) in [5.74, 6) is -0.360. The van der Waals surface area contributed by atoms with Crippen molar-refractivity contribution >= 4 is 11.6 Å². The summed E-state index contributed by atoms with van der Waals surface area (Å²) in [6.45, 7) is 3.23. The van der Waals surface area contributed by atoms with Gasteiger partial charge in [0.2, 0.25) is 5.91 Å². The zero-order valence-corrected chi connectivity index (χ0v) is 10.3. The van der Waals surface area contributed by atoms with Crippen LogP contribution >= 0.6 is 0 Å². The molecule has 1 amide bonds.